The summed E-state index contributed by atoms with van der Waals surface area (Å²) in [6.45, 7) is -0.289. The SMILES string of the molecule is NC(=O)CNC(=O)C(Cc1ccccc1)NC(=O)C=Cc1ccco1. The molecule has 3 amide bonds. The van der Waals surface area contributed by atoms with Crippen molar-refractivity contribution in [3.63, 3.8) is 0 Å². The molecule has 1 unspecified atom stereocenters. The van der Waals surface area contributed by atoms with Crippen molar-refractivity contribution in [3.8, 4) is 0 Å². The number of hydrogen-bond donors (Lipinski definition) is 3. The van der Waals surface area contributed by atoms with Gasteiger partial charge in [-0.1, -0.05) is 30.3 Å². The molecule has 7 heteroatoms. The molecule has 0 aliphatic heterocycles. The quantitative estimate of drug-likeness (QED) is 0.611. The van der Waals surface area contributed by atoms with E-state index in [2.05, 4.69) is 10.6 Å². The standard InChI is InChI=1S/C18H19N3O4/c19-16(22)12-20-18(24)15(11-13-5-2-1-3-6-13)21-17(23)9-8-14-7-4-10-25-14/h1-10,15H,11-12H2,(H2,19,22)(H,20,24)(H,21,23). The van der Waals surface area contributed by atoms with E-state index in [1.807, 2.05) is 30.3 Å². The highest BCUT2D eigenvalue weighted by Gasteiger charge is 2.20. The van der Waals surface area contributed by atoms with Crippen LogP contribution in [0.25, 0.3) is 6.08 Å². The summed E-state index contributed by atoms with van der Waals surface area (Å²) in [6, 6.07) is 11.8. The molecule has 0 bridgehead atoms. The van der Waals surface area contributed by atoms with Crippen LogP contribution in [-0.2, 0) is 20.8 Å². The van der Waals surface area contributed by atoms with Gasteiger partial charge in [0, 0.05) is 12.5 Å². The second kappa shape index (κ2) is 9.07. The third-order valence-electron chi connectivity index (χ3n) is 3.29. The molecular weight excluding hydrogens is 322 g/mol. The normalized spacial score (nSPS) is 11.8. The Kier molecular flexibility index (Phi) is 6.53. The fourth-order valence-corrected chi connectivity index (χ4v) is 2.12. The maximum Gasteiger partial charge on any atom is 0.244 e. The van der Waals surface area contributed by atoms with E-state index in [0.29, 0.717) is 5.76 Å². The number of amides is 3. The zero-order chi connectivity index (χ0) is 18.1. The Labute approximate surface area is 144 Å². The van der Waals surface area contributed by atoms with Crippen molar-refractivity contribution in [3.05, 3.63) is 66.1 Å². The first kappa shape index (κ1) is 18.0. The number of carbonyl (C=O) groups excluding carboxylic acids is 3. The van der Waals surface area contributed by atoms with Gasteiger partial charge >= 0.3 is 0 Å². The van der Waals surface area contributed by atoms with E-state index in [1.165, 1.54) is 18.4 Å². The summed E-state index contributed by atoms with van der Waals surface area (Å²) >= 11 is 0. The molecule has 0 spiro atoms. The van der Waals surface area contributed by atoms with Crippen molar-refractivity contribution >= 4 is 23.8 Å². The fraction of sp³-hybridized carbons (Fsp3) is 0.167. The second-order valence-corrected chi connectivity index (χ2v) is 5.28. The van der Waals surface area contributed by atoms with Crippen LogP contribution >= 0.6 is 0 Å². The summed E-state index contributed by atoms with van der Waals surface area (Å²) in [7, 11) is 0. The van der Waals surface area contributed by atoms with E-state index < -0.39 is 23.8 Å². The number of benzene rings is 1. The maximum absolute atomic E-state index is 12.2. The van der Waals surface area contributed by atoms with Crippen LogP contribution in [0, 0.1) is 0 Å². The number of rotatable bonds is 8. The zero-order valence-corrected chi connectivity index (χ0v) is 13.5. The fourth-order valence-electron chi connectivity index (χ4n) is 2.12. The van der Waals surface area contributed by atoms with Gasteiger partial charge < -0.3 is 20.8 Å². The number of carbonyl (C=O) groups is 3. The molecule has 7 nitrogen and oxygen atoms in total. The van der Waals surface area contributed by atoms with Gasteiger partial charge in [0.1, 0.15) is 11.8 Å². The highest BCUT2D eigenvalue weighted by Crippen LogP contribution is 2.05. The molecule has 1 aromatic heterocycles. The van der Waals surface area contributed by atoms with E-state index in [1.54, 1.807) is 12.1 Å². The minimum Gasteiger partial charge on any atom is -0.465 e. The number of furan rings is 1. The molecule has 0 saturated carbocycles. The van der Waals surface area contributed by atoms with Gasteiger partial charge in [-0.25, -0.2) is 0 Å². The van der Waals surface area contributed by atoms with Crippen LogP contribution in [0.15, 0.2) is 59.2 Å². The first-order valence-electron chi connectivity index (χ1n) is 7.66. The van der Waals surface area contributed by atoms with Crippen molar-refractivity contribution in [1.29, 1.82) is 0 Å². The molecule has 130 valence electrons. The predicted octanol–water partition coefficient (Wildman–Crippen LogP) is 0.622. The third kappa shape index (κ3) is 6.34. The lowest BCUT2D eigenvalue weighted by molar-refractivity contribution is -0.128. The molecule has 1 atom stereocenters. The third-order valence-corrected chi connectivity index (χ3v) is 3.29. The van der Waals surface area contributed by atoms with Gasteiger partial charge in [-0.3, -0.25) is 14.4 Å². The van der Waals surface area contributed by atoms with E-state index >= 15 is 0 Å². The minimum absolute atomic E-state index is 0.283. The maximum atomic E-state index is 12.2. The van der Waals surface area contributed by atoms with Crippen molar-refractivity contribution < 1.29 is 18.8 Å². The van der Waals surface area contributed by atoms with Gasteiger partial charge in [-0.05, 0) is 23.8 Å². The molecule has 0 radical (unpaired) electrons. The first-order chi connectivity index (χ1) is 12.0. The molecule has 4 N–H and O–H groups in total. The summed E-state index contributed by atoms with van der Waals surface area (Å²) in [5, 5.41) is 5.03. The van der Waals surface area contributed by atoms with Gasteiger partial charge in [-0.2, -0.15) is 0 Å². The summed E-state index contributed by atoms with van der Waals surface area (Å²) in [6.07, 6.45) is 4.55. The molecule has 0 aliphatic carbocycles. The molecule has 0 aliphatic rings. The molecule has 1 heterocycles. The Balaban J connectivity index is 2.03. The molecule has 1 aromatic carbocycles. The Morgan fingerprint density at radius 1 is 1.12 bits per heavy atom. The number of nitrogens with one attached hydrogen (secondary N) is 2. The van der Waals surface area contributed by atoms with Gasteiger partial charge in [0.15, 0.2) is 0 Å². The molecule has 0 fully saturated rings. The van der Waals surface area contributed by atoms with Crippen LogP contribution in [0.2, 0.25) is 0 Å². The summed E-state index contributed by atoms with van der Waals surface area (Å²) in [5.41, 5.74) is 5.91. The lowest BCUT2D eigenvalue weighted by Gasteiger charge is -2.17. The van der Waals surface area contributed by atoms with Crippen LogP contribution in [0.4, 0.5) is 0 Å². The van der Waals surface area contributed by atoms with Gasteiger partial charge in [0.25, 0.3) is 0 Å². The smallest absolute Gasteiger partial charge is 0.244 e. The lowest BCUT2D eigenvalue weighted by atomic mass is 10.1. The Hall–Kier alpha value is -3.35. The summed E-state index contributed by atoms with van der Waals surface area (Å²) < 4.78 is 5.10. The van der Waals surface area contributed by atoms with Gasteiger partial charge in [0.05, 0.1) is 12.8 Å². The van der Waals surface area contributed by atoms with Crippen molar-refractivity contribution in [2.24, 2.45) is 5.73 Å². The molecular formula is C18H19N3O4. The van der Waals surface area contributed by atoms with Crippen LogP contribution in [0.5, 0.6) is 0 Å². The molecule has 2 aromatic rings. The van der Waals surface area contributed by atoms with Crippen molar-refractivity contribution in [2.75, 3.05) is 6.54 Å². The minimum atomic E-state index is -0.837. The number of hydrogen-bond acceptors (Lipinski definition) is 4. The average Bonchev–Trinajstić information content (AvgIpc) is 3.11. The Morgan fingerprint density at radius 3 is 2.52 bits per heavy atom. The monoisotopic (exact) mass is 341 g/mol. The summed E-state index contributed by atoms with van der Waals surface area (Å²) in [4.78, 5) is 35.2. The lowest BCUT2D eigenvalue weighted by Crippen LogP contribution is -2.49. The Bertz CT molecular complexity index is 739. The average molecular weight is 341 g/mol. The van der Waals surface area contributed by atoms with Crippen LogP contribution in [-0.4, -0.2) is 30.3 Å². The highest BCUT2D eigenvalue weighted by atomic mass is 16.3. The van der Waals surface area contributed by atoms with Crippen molar-refractivity contribution in [1.82, 2.24) is 10.6 Å². The zero-order valence-electron chi connectivity index (χ0n) is 13.5. The first-order valence-corrected chi connectivity index (χ1v) is 7.66. The summed E-state index contributed by atoms with van der Waals surface area (Å²) in [5.74, 6) is -1.07. The molecule has 25 heavy (non-hydrogen) atoms. The van der Waals surface area contributed by atoms with Crippen LogP contribution < -0.4 is 16.4 Å². The second-order valence-electron chi connectivity index (χ2n) is 5.28. The predicted molar refractivity (Wildman–Crippen MR) is 92.0 cm³/mol. The van der Waals surface area contributed by atoms with E-state index in [4.69, 9.17) is 10.2 Å². The Morgan fingerprint density at radius 2 is 1.88 bits per heavy atom. The van der Waals surface area contributed by atoms with Gasteiger partial charge in [-0.15, -0.1) is 0 Å². The number of primary amides is 1. The topological polar surface area (TPSA) is 114 Å². The van der Waals surface area contributed by atoms with E-state index in [9.17, 15) is 14.4 Å². The van der Waals surface area contributed by atoms with Crippen LogP contribution in [0.1, 0.15) is 11.3 Å². The van der Waals surface area contributed by atoms with E-state index in [-0.39, 0.29) is 13.0 Å². The van der Waals surface area contributed by atoms with Crippen LogP contribution in [0.3, 0.4) is 0 Å². The molecule has 0 saturated heterocycles. The van der Waals surface area contributed by atoms with E-state index in [0.717, 1.165) is 5.56 Å². The molecule has 2 rings (SSSR count). The largest absolute Gasteiger partial charge is 0.465 e. The van der Waals surface area contributed by atoms with Crippen molar-refractivity contribution in [2.45, 2.75) is 12.5 Å². The highest BCUT2D eigenvalue weighted by molar-refractivity contribution is 5.96. The number of nitrogens with two attached hydrogens (primary N) is 1. The van der Waals surface area contributed by atoms with Gasteiger partial charge in [0.2, 0.25) is 17.7 Å².